The van der Waals surface area contributed by atoms with Crippen LogP contribution in [-0.4, -0.2) is 28.5 Å². The number of ether oxygens (including phenoxy) is 1. The second-order valence-electron chi connectivity index (χ2n) is 5.25. The van der Waals surface area contributed by atoms with Crippen molar-refractivity contribution in [2.75, 3.05) is 12.3 Å². The maximum absolute atomic E-state index is 13.4. The molecule has 24 heavy (non-hydrogen) atoms. The average molecular weight is 336 g/mol. The third kappa shape index (κ3) is 3.80. The number of nitrogens with one attached hydrogen (secondary N) is 3. The van der Waals surface area contributed by atoms with Crippen molar-refractivity contribution in [2.24, 2.45) is 0 Å². The van der Waals surface area contributed by atoms with Gasteiger partial charge in [0.1, 0.15) is 29.6 Å². The van der Waals surface area contributed by atoms with Crippen LogP contribution < -0.4 is 27.0 Å². The normalized spacial score (nSPS) is 11.8. The molecule has 5 N–H and O–H groups in total. The molecular weight excluding hydrogens is 319 g/mol. The molecule has 9 heteroatoms. The van der Waals surface area contributed by atoms with E-state index in [0.29, 0.717) is 11.3 Å². The van der Waals surface area contributed by atoms with Crippen molar-refractivity contribution in [3.8, 4) is 5.75 Å². The number of amides is 1. The Hall–Kier alpha value is -3.10. The SMILES string of the molecule is Cc1c(F)cccc1OC[C@@H](C)NC(=O)c1[nH]c(=O)[nH]c(=O)c1N. The van der Waals surface area contributed by atoms with Crippen LogP contribution in [0.2, 0.25) is 0 Å². The summed E-state index contributed by atoms with van der Waals surface area (Å²) >= 11 is 0. The number of nitrogen functional groups attached to an aromatic ring is 1. The number of rotatable bonds is 5. The standard InChI is InChI=1S/C15H17FN4O4/c1-7(6-24-10-5-3-4-9(16)8(10)2)18-14(22)12-11(17)13(21)20-15(23)19-12/h3-5,7H,6,17H2,1-2H3,(H,18,22)(H2,19,20,21,23)/t7-/m1/s1. The molecule has 0 fully saturated rings. The summed E-state index contributed by atoms with van der Waals surface area (Å²) in [6.07, 6.45) is 0. The molecule has 1 amide bonds. The maximum atomic E-state index is 13.4. The molecule has 0 radical (unpaired) electrons. The molecule has 1 aromatic heterocycles. The van der Waals surface area contributed by atoms with Gasteiger partial charge in [0.05, 0.1) is 6.04 Å². The topological polar surface area (TPSA) is 130 Å². The molecular formula is C15H17FN4O4. The summed E-state index contributed by atoms with van der Waals surface area (Å²) in [5.41, 5.74) is 3.45. The number of H-pyrrole nitrogens is 2. The largest absolute Gasteiger partial charge is 0.491 e. The summed E-state index contributed by atoms with van der Waals surface area (Å²) in [6.45, 7) is 3.28. The lowest BCUT2D eigenvalue weighted by atomic mass is 10.2. The monoisotopic (exact) mass is 336 g/mol. The lowest BCUT2D eigenvalue weighted by Gasteiger charge is -2.16. The molecule has 128 valence electrons. The van der Waals surface area contributed by atoms with Crippen molar-refractivity contribution in [1.29, 1.82) is 0 Å². The zero-order valence-corrected chi connectivity index (χ0v) is 13.1. The number of hydrogen-bond acceptors (Lipinski definition) is 5. The fourth-order valence-corrected chi connectivity index (χ4v) is 1.97. The van der Waals surface area contributed by atoms with Crippen molar-refractivity contribution in [3.05, 3.63) is 56.1 Å². The number of halogens is 1. The molecule has 1 heterocycles. The molecule has 0 aliphatic carbocycles. The van der Waals surface area contributed by atoms with Crippen LogP contribution in [0.25, 0.3) is 0 Å². The van der Waals surface area contributed by atoms with E-state index in [0.717, 1.165) is 0 Å². The van der Waals surface area contributed by atoms with Gasteiger partial charge in [-0.25, -0.2) is 9.18 Å². The van der Waals surface area contributed by atoms with Crippen LogP contribution in [-0.2, 0) is 0 Å². The van der Waals surface area contributed by atoms with Crippen LogP contribution in [0.15, 0.2) is 27.8 Å². The van der Waals surface area contributed by atoms with E-state index in [4.69, 9.17) is 10.5 Å². The van der Waals surface area contributed by atoms with Crippen LogP contribution in [0.5, 0.6) is 5.75 Å². The highest BCUT2D eigenvalue weighted by atomic mass is 19.1. The summed E-state index contributed by atoms with van der Waals surface area (Å²) in [6, 6.07) is 3.96. The van der Waals surface area contributed by atoms with Gasteiger partial charge in [0.25, 0.3) is 11.5 Å². The van der Waals surface area contributed by atoms with E-state index >= 15 is 0 Å². The minimum Gasteiger partial charge on any atom is -0.491 e. The number of carbonyl (C=O) groups excluding carboxylic acids is 1. The predicted octanol–water partition coefficient (Wildman–Crippen LogP) is 0.290. The number of aromatic nitrogens is 2. The molecule has 0 aliphatic rings. The maximum Gasteiger partial charge on any atom is 0.326 e. The summed E-state index contributed by atoms with van der Waals surface area (Å²) in [5, 5.41) is 2.54. The number of aromatic amines is 2. The second-order valence-corrected chi connectivity index (χ2v) is 5.25. The average Bonchev–Trinajstić information content (AvgIpc) is 2.52. The Morgan fingerprint density at radius 1 is 1.38 bits per heavy atom. The summed E-state index contributed by atoms with van der Waals surface area (Å²) in [7, 11) is 0. The highest BCUT2D eigenvalue weighted by Gasteiger charge is 2.17. The Kier molecular flexibility index (Phi) is 5.02. The van der Waals surface area contributed by atoms with E-state index in [1.807, 2.05) is 4.98 Å². The number of carbonyl (C=O) groups is 1. The van der Waals surface area contributed by atoms with Gasteiger partial charge in [-0.2, -0.15) is 0 Å². The van der Waals surface area contributed by atoms with Crippen molar-refractivity contribution in [2.45, 2.75) is 19.9 Å². The van der Waals surface area contributed by atoms with Crippen molar-refractivity contribution in [3.63, 3.8) is 0 Å². The summed E-state index contributed by atoms with van der Waals surface area (Å²) in [5.74, 6) is -0.749. The second kappa shape index (κ2) is 6.99. The van der Waals surface area contributed by atoms with Crippen molar-refractivity contribution < 1.29 is 13.9 Å². The molecule has 0 spiro atoms. The summed E-state index contributed by atoms with van der Waals surface area (Å²) < 4.78 is 18.9. The Balaban J connectivity index is 2.03. The number of anilines is 1. The van der Waals surface area contributed by atoms with Gasteiger partial charge in [-0.1, -0.05) is 6.07 Å². The first-order valence-electron chi connectivity index (χ1n) is 7.10. The van der Waals surface area contributed by atoms with Gasteiger partial charge in [0, 0.05) is 5.56 Å². The van der Waals surface area contributed by atoms with Gasteiger partial charge in [-0.15, -0.1) is 0 Å². The number of hydrogen-bond donors (Lipinski definition) is 4. The van der Waals surface area contributed by atoms with Crippen LogP contribution in [0.4, 0.5) is 10.1 Å². The Morgan fingerprint density at radius 3 is 2.79 bits per heavy atom. The Morgan fingerprint density at radius 2 is 2.08 bits per heavy atom. The lowest BCUT2D eigenvalue weighted by Crippen LogP contribution is -2.40. The van der Waals surface area contributed by atoms with Crippen molar-refractivity contribution in [1.82, 2.24) is 15.3 Å². The van der Waals surface area contributed by atoms with Gasteiger partial charge in [-0.3, -0.25) is 14.6 Å². The van der Waals surface area contributed by atoms with E-state index in [1.165, 1.54) is 12.1 Å². The molecule has 1 aromatic carbocycles. The quantitative estimate of drug-likeness (QED) is 0.623. The molecule has 1 atom stereocenters. The van der Waals surface area contributed by atoms with Crippen LogP contribution in [0, 0.1) is 12.7 Å². The fraction of sp³-hybridized carbons (Fsp3) is 0.267. The van der Waals surface area contributed by atoms with Gasteiger partial charge >= 0.3 is 5.69 Å². The molecule has 2 aromatic rings. The van der Waals surface area contributed by atoms with Gasteiger partial charge in [0.2, 0.25) is 0 Å². The van der Waals surface area contributed by atoms with E-state index in [9.17, 15) is 18.8 Å². The molecule has 0 unspecified atom stereocenters. The van der Waals surface area contributed by atoms with Gasteiger partial charge < -0.3 is 20.8 Å². The molecule has 8 nitrogen and oxygen atoms in total. The first kappa shape index (κ1) is 17.3. The van der Waals surface area contributed by atoms with Gasteiger partial charge in [0.15, 0.2) is 0 Å². The van der Waals surface area contributed by atoms with Gasteiger partial charge in [-0.05, 0) is 26.0 Å². The zero-order chi connectivity index (χ0) is 17.9. The Bertz CT molecular complexity index is 875. The molecule has 0 aliphatic heterocycles. The predicted molar refractivity (Wildman–Crippen MR) is 85.7 cm³/mol. The first-order valence-corrected chi connectivity index (χ1v) is 7.10. The molecule has 0 bridgehead atoms. The smallest absolute Gasteiger partial charge is 0.326 e. The third-order valence-electron chi connectivity index (χ3n) is 3.29. The molecule has 0 saturated heterocycles. The number of benzene rings is 1. The van der Waals surface area contributed by atoms with E-state index < -0.39 is 29.0 Å². The summed E-state index contributed by atoms with van der Waals surface area (Å²) in [4.78, 5) is 38.8. The molecule has 2 rings (SSSR count). The van der Waals surface area contributed by atoms with E-state index in [2.05, 4.69) is 10.3 Å². The van der Waals surface area contributed by atoms with Crippen LogP contribution >= 0.6 is 0 Å². The van der Waals surface area contributed by atoms with Crippen LogP contribution in [0.1, 0.15) is 23.0 Å². The van der Waals surface area contributed by atoms with Crippen molar-refractivity contribution >= 4 is 11.6 Å². The highest BCUT2D eigenvalue weighted by Crippen LogP contribution is 2.20. The molecule has 0 saturated carbocycles. The minimum atomic E-state index is -0.844. The highest BCUT2D eigenvalue weighted by molar-refractivity contribution is 5.96. The first-order chi connectivity index (χ1) is 11.3. The minimum absolute atomic E-state index is 0.0589. The van der Waals surface area contributed by atoms with E-state index in [-0.39, 0.29) is 18.0 Å². The zero-order valence-electron chi connectivity index (χ0n) is 13.1. The van der Waals surface area contributed by atoms with Crippen LogP contribution in [0.3, 0.4) is 0 Å². The number of nitrogens with two attached hydrogens (primary N) is 1. The Labute approximate surface area is 135 Å². The van der Waals surface area contributed by atoms with E-state index in [1.54, 1.807) is 19.9 Å². The third-order valence-corrected chi connectivity index (χ3v) is 3.29. The fourth-order valence-electron chi connectivity index (χ4n) is 1.97. The lowest BCUT2D eigenvalue weighted by molar-refractivity contribution is 0.0922.